The van der Waals surface area contributed by atoms with Gasteiger partial charge >= 0.3 is 0 Å². The number of hydrogen-bond donors (Lipinski definition) is 1. The molecule has 1 atom stereocenters. The quantitative estimate of drug-likeness (QED) is 0.900. The van der Waals surface area contributed by atoms with Crippen LogP contribution in [-0.4, -0.2) is 43.7 Å². The highest BCUT2D eigenvalue weighted by atomic mass is 35.5. The van der Waals surface area contributed by atoms with Gasteiger partial charge in [-0.3, -0.25) is 9.69 Å². The van der Waals surface area contributed by atoms with Crippen molar-refractivity contribution in [2.45, 2.75) is 6.04 Å². The highest BCUT2D eigenvalue weighted by molar-refractivity contribution is 7.08. The highest BCUT2D eigenvalue weighted by Gasteiger charge is 2.23. The molecule has 2 heterocycles. The molecule has 0 radical (unpaired) electrons. The van der Waals surface area contributed by atoms with Gasteiger partial charge in [0.15, 0.2) is 0 Å². The van der Waals surface area contributed by atoms with Crippen molar-refractivity contribution in [2.24, 2.45) is 0 Å². The predicted molar refractivity (Wildman–Crippen MR) is 93.2 cm³/mol. The first-order chi connectivity index (χ1) is 11.2. The molecule has 0 bridgehead atoms. The number of morpholine rings is 1. The smallest absolute Gasteiger partial charge is 0.252 e. The van der Waals surface area contributed by atoms with Gasteiger partial charge in [0.25, 0.3) is 5.91 Å². The van der Waals surface area contributed by atoms with E-state index in [4.69, 9.17) is 16.3 Å². The van der Waals surface area contributed by atoms with Gasteiger partial charge in [-0.05, 0) is 29.1 Å². The number of halogens is 1. The lowest BCUT2D eigenvalue weighted by Gasteiger charge is -2.35. The maximum absolute atomic E-state index is 12.2. The second-order valence-corrected chi connectivity index (χ2v) is 6.65. The first-order valence-electron chi connectivity index (χ1n) is 7.62. The fraction of sp³-hybridized carbons (Fsp3) is 0.353. The van der Waals surface area contributed by atoms with Crippen molar-refractivity contribution in [3.8, 4) is 0 Å². The van der Waals surface area contributed by atoms with Gasteiger partial charge in [0.1, 0.15) is 0 Å². The summed E-state index contributed by atoms with van der Waals surface area (Å²) < 4.78 is 5.44. The van der Waals surface area contributed by atoms with Crippen LogP contribution in [0.1, 0.15) is 22.0 Å². The Morgan fingerprint density at radius 3 is 2.65 bits per heavy atom. The van der Waals surface area contributed by atoms with E-state index in [0.29, 0.717) is 12.1 Å². The van der Waals surface area contributed by atoms with Gasteiger partial charge in [0.2, 0.25) is 0 Å². The number of amides is 1. The molecule has 1 fully saturated rings. The van der Waals surface area contributed by atoms with Crippen LogP contribution < -0.4 is 5.32 Å². The zero-order valence-electron chi connectivity index (χ0n) is 12.7. The fourth-order valence-corrected chi connectivity index (χ4v) is 3.48. The molecule has 1 aromatic carbocycles. The number of benzene rings is 1. The number of ether oxygens (including phenoxy) is 1. The average Bonchev–Trinajstić information content (AvgIpc) is 3.12. The standard InChI is InChI=1S/C17H19ClN2O2S/c18-15-3-1-13(2-4-15)16(20-6-8-22-9-7-20)11-19-17(21)14-5-10-23-12-14/h1-5,10,12,16H,6-9,11H2,(H,19,21). The summed E-state index contributed by atoms with van der Waals surface area (Å²) in [5, 5.41) is 7.54. The summed E-state index contributed by atoms with van der Waals surface area (Å²) in [7, 11) is 0. The largest absolute Gasteiger partial charge is 0.379 e. The molecular formula is C17H19ClN2O2S. The van der Waals surface area contributed by atoms with Crippen molar-refractivity contribution in [3.63, 3.8) is 0 Å². The van der Waals surface area contributed by atoms with Crippen LogP contribution in [0.5, 0.6) is 0 Å². The van der Waals surface area contributed by atoms with Crippen molar-refractivity contribution in [2.75, 3.05) is 32.8 Å². The molecule has 1 aliphatic heterocycles. The van der Waals surface area contributed by atoms with E-state index >= 15 is 0 Å². The Morgan fingerprint density at radius 2 is 2.00 bits per heavy atom. The minimum absolute atomic E-state index is 0.0292. The fourth-order valence-electron chi connectivity index (χ4n) is 2.72. The molecule has 1 unspecified atom stereocenters. The summed E-state index contributed by atoms with van der Waals surface area (Å²) in [6.07, 6.45) is 0. The first-order valence-corrected chi connectivity index (χ1v) is 8.94. The molecule has 2 aromatic rings. The second kappa shape index (κ2) is 7.93. The van der Waals surface area contributed by atoms with E-state index in [-0.39, 0.29) is 11.9 Å². The summed E-state index contributed by atoms with van der Waals surface area (Å²) in [5.74, 6) is -0.0292. The van der Waals surface area contributed by atoms with E-state index in [2.05, 4.69) is 10.2 Å². The van der Waals surface area contributed by atoms with E-state index in [1.165, 1.54) is 11.3 Å². The molecule has 3 rings (SSSR count). The first kappa shape index (κ1) is 16.5. The number of nitrogens with zero attached hydrogens (tertiary/aromatic N) is 1. The predicted octanol–water partition coefficient (Wildman–Crippen LogP) is 3.20. The van der Waals surface area contributed by atoms with Gasteiger partial charge in [0, 0.05) is 35.6 Å². The maximum Gasteiger partial charge on any atom is 0.252 e. The van der Waals surface area contributed by atoms with E-state index in [1.54, 1.807) is 0 Å². The molecule has 1 amide bonds. The number of carbonyl (C=O) groups excluding carboxylic acids is 1. The minimum atomic E-state index is -0.0292. The van der Waals surface area contributed by atoms with E-state index < -0.39 is 0 Å². The average molecular weight is 351 g/mol. The molecule has 1 saturated heterocycles. The van der Waals surface area contributed by atoms with Gasteiger partial charge in [-0.25, -0.2) is 0 Å². The molecule has 122 valence electrons. The third-order valence-electron chi connectivity index (χ3n) is 3.98. The number of carbonyl (C=O) groups is 1. The number of hydrogen-bond acceptors (Lipinski definition) is 4. The summed E-state index contributed by atoms with van der Waals surface area (Å²) in [4.78, 5) is 14.6. The number of nitrogens with one attached hydrogen (secondary N) is 1. The summed E-state index contributed by atoms with van der Waals surface area (Å²) in [6.45, 7) is 3.74. The normalized spacial score (nSPS) is 16.9. The lowest BCUT2D eigenvalue weighted by Crippen LogP contribution is -2.43. The van der Waals surface area contributed by atoms with Crippen LogP contribution in [0.3, 0.4) is 0 Å². The van der Waals surface area contributed by atoms with Crippen LogP contribution in [-0.2, 0) is 4.74 Å². The van der Waals surface area contributed by atoms with Crippen molar-refractivity contribution in [3.05, 3.63) is 57.2 Å². The van der Waals surface area contributed by atoms with Crippen LogP contribution in [0.25, 0.3) is 0 Å². The molecule has 1 aliphatic rings. The van der Waals surface area contributed by atoms with Crippen LogP contribution in [0.2, 0.25) is 5.02 Å². The Morgan fingerprint density at radius 1 is 1.26 bits per heavy atom. The van der Waals surface area contributed by atoms with Crippen molar-refractivity contribution in [1.29, 1.82) is 0 Å². The Balaban J connectivity index is 1.72. The molecule has 1 N–H and O–H groups in total. The van der Waals surface area contributed by atoms with Crippen LogP contribution in [0.15, 0.2) is 41.1 Å². The Kier molecular flexibility index (Phi) is 5.67. The molecule has 1 aromatic heterocycles. The molecule has 0 saturated carbocycles. The Hall–Kier alpha value is -1.40. The van der Waals surface area contributed by atoms with Crippen LogP contribution in [0, 0.1) is 0 Å². The van der Waals surface area contributed by atoms with Gasteiger partial charge in [-0.15, -0.1) is 0 Å². The van der Waals surface area contributed by atoms with Gasteiger partial charge < -0.3 is 10.1 Å². The molecule has 23 heavy (non-hydrogen) atoms. The number of rotatable bonds is 5. The second-order valence-electron chi connectivity index (χ2n) is 5.44. The zero-order chi connectivity index (χ0) is 16.1. The topological polar surface area (TPSA) is 41.6 Å². The maximum atomic E-state index is 12.2. The van der Waals surface area contributed by atoms with Crippen molar-refractivity contribution < 1.29 is 9.53 Å². The minimum Gasteiger partial charge on any atom is -0.379 e. The van der Waals surface area contributed by atoms with Gasteiger partial charge in [0.05, 0.1) is 19.3 Å². The van der Waals surface area contributed by atoms with Gasteiger partial charge in [-0.2, -0.15) is 11.3 Å². The molecule has 4 nitrogen and oxygen atoms in total. The Bertz CT molecular complexity index is 625. The van der Waals surface area contributed by atoms with Crippen molar-refractivity contribution >= 4 is 28.8 Å². The van der Waals surface area contributed by atoms with Crippen LogP contribution >= 0.6 is 22.9 Å². The summed E-state index contributed by atoms with van der Waals surface area (Å²) >= 11 is 7.52. The van der Waals surface area contributed by atoms with E-state index in [1.807, 2.05) is 41.1 Å². The Labute approximate surface area is 145 Å². The monoisotopic (exact) mass is 350 g/mol. The van der Waals surface area contributed by atoms with Crippen molar-refractivity contribution in [1.82, 2.24) is 10.2 Å². The highest BCUT2D eigenvalue weighted by Crippen LogP contribution is 2.23. The molecule has 0 aliphatic carbocycles. The third kappa shape index (κ3) is 4.32. The summed E-state index contributed by atoms with van der Waals surface area (Å²) in [6, 6.07) is 9.80. The SMILES string of the molecule is O=C(NCC(c1ccc(Cl)cc1)N1CCOCC1)c1ccsc1. The lowest BCUT2D eigenvalue weighted by molar-refractivity contribution is 0.0162. The van der Waals surface area contributed by atoms with E-state index in [9.17, 15) is 4.79 Å². The molecule has 6 heteroatoms. The molecular weight excluding hydrogens is 332 g/mol. The summed E-state index contributed by atoms with van der Waals surface area (Å²) in [5.41, 5.74) is 1.87. The third-order valence-corrected chi connectivity index (χ3v) is 4.92. The number of thiophene rings is 1. The van der Waals surface area contributed by atoms with E-state index in [0.717, 1.165) is 36.9 Å². The zero-order valence-corrected chi connectivity index (χ0v) is 14.3. The molecule has 0 spiro atoms. The van der Waals surface area contributed by atoms with Gasteiger partial charge in [-0.1, -0.05) is 23.7 Å². The van der Waals surface area contributed by atoms with Crippen LogP contribution in [0.4, 0.5) is 0 Å². The lowest BCUT2D eigenvalue weighted by atomic mass is 10.0.